The van der Waals surface area contributed by atoms with Crippen molar-refractivity contribution in [3.63, 3.8) is 0 Å². The topological polar surface area (TPSA) is 91.8 Å². The quantitative estimate of drug-likeness (QED) is 0.550. The molecule has 0 fully saturated rings. The number of carbonyl (C=O) groups is 2. The maximum atomic E-state index is 12.7. The number of H-pyrrole nitrogens is 1. The summed E-state index contributed by atoms with van der Waals surface area (Å²) < 4.78 is 2.08. The van der Waals surface area contributed by atoms with Gasteiger partial charge in [-0.05, 0) is 61.8 Å². The van der Waals surface area contributed by atoms with Gasteiger partial charge < -0.3 is 10.6 Å². The van der Waals surface area contributed by atoms with E-state index in [2.05, 4.69) is 20.8 Å². The summed E-state index contributed by atoms with van der Waals surface area (Å²) in [4.78, 5) is 25.4. The van der Waals surface area contributed by atoms with Gasteiger partial charge in [-0.25, -0.2) is 0 Å². The number of amides is 2. The molecule has 1 unspecified atom stereocenters. The maximum absolute atomic E-state index is 12.7. The van der Waals surface area contributed by atoms with E-state index in [9.17, 15) is 9.59 Å². The van der Waals surface area contributed by atoms with E-state index in [0.29, 0.717) is 28.4 Å². The second-order valence-electron chi connectivity index (χ2n) is 5.80. The number of aromatic nitrogens is 3. The van der Waals surface area contributed by atoms with E-state index in [1.165, 1.54) is 11.3 Å². The molecule has 3 aromatic rings. The second kappa shape index (κ2) is 8.28. The van der Waals surface area contributed by atoms with Crippen LogP contribution in [-0.4, -0.2) is 33.1 Å². The van der Waals surface area contributed by atoms with Crippen LogP contribution in [0, 0.1) is 4.77 Å². The number of hydrogen-bond donors (Lipinski definition) is 3. The van der Waals surface area contributed by atoms with Gasteiger partial charge in [0.2, 0.25) is 5.91 Å². The fourth-order valence-electron chi connectivity index (χ4n) is 2.58. The number of anilines is 1. The van der Waals surface area contributed by atoms with Crippen LogP contribution in [0.15, 0.2) is 41.8 Å². The number of nitrogens with one attached hydrogen (secondary N) is 3. The van der Waals surface area contributed by atoms with Crippen LogP contribution in [0.25, 0.3) is 10.7 Å². The van der Waals surface area contributed by atoms with E-state index in [-0.39, 0.29) is 11.8 Å². The molecule has 0 aliphatic heterocycles. The predicted octanol–water partition coefficient (Wildman–Crippen LogP) is 3.62. The number of aromatic amines is 1. The summed E-state index contributed by atoms with van der Waals surface area (Å²) in [6.07, 6.45) is 0. The van der Waals surface area contributed by atoms with Gasteiger partial charge in [-0.3, -0.25) is 19.3 Å². The van der Waals surface area contributed by atoms with Gasteiger partial charge >= 0.3 is 0 Å². The predicted molar refractivity (Wildman–Crippen MR) is 109 cm³/mol. The van der Waals surface area contributed by atoms with Gasteiger partial charge in [-0.1, -0.05) is 6.07 Å². The summed E-state index contributed by atoms with van der Waals surface area (Å²) in [6.45, 7) is 4.19. The lowest BCUT2D eigenvalue weighted by molar-refractivity contribution is -0.118. The van der Waals surface area contributed by atoms with Crippen molar-refractivity contribution in [3.05, 3.63) is 52.1 Å². The zero-order valence-corrected chi connectivity index (χ0v) is 16.5. The Morgan fingerprint density at radius 3 is 2.67 bits per heavy atom. The molecule has 3 N–H and O–H groups in total. The molecule has 1 atom stereocenters. The number of hydrogen-bond acceptors (Lipinski definition) is 5. The highest BCUT2D eigenvalue weighted by atomic mass is 32.1. The molecule has 2 aromatic heterocycles. The molecular formula is C18H19N5O2S2. The van der Waals surface area contributed by atoms with Crippen molar-refractivity contribution in [2.45, 2.75) is 19.9 Å². The summed E-state index contributed by atoms with van der Waals surface area (Å²) >= 11 is 6.83. The summed E-state index contributed by atoms with van der Waals surface area (Å²) in [5.41, 5.74) is 1.15. The molecule has 9 heteroatoms. The van der Waals surface area contributed by atoms with Crippen LogP contribution < -0.4 is 10.6 Å². The fraction of sp³-hybridized carbons (Fsp3) is 0.222. The lowest BCUT2D eigenvalue weighted by Gasteiger charge is -2.15. The third kappa shape index (κ3) is 4.15. The minimum Gasteiger partial charge on any atom is -0.352 e. The van der Waals surface area contributed by atoms with Crippen molar-refractivity contribution in [1.82, 2.24) is 20.1 Å². The molecule has 140 valence electrons. The summed E-state index contributed by atoms with van der Waals surface area (Å²) in [7, 11) is 0. The van der Waals surface area contributed by atoms with E-state index in [4.69, 9.17) is 12.2 Å². The van der Waals surface area contributed by atoms with Crippen molar-refractivity contribution in [2.24, 2.45) is 0 Å². The number of rotatable bonds is 6. The average Bonchev–Trinajstić information content (AvgIpc) is 3.31. The number of thiophene rings is 1. The van der Waals surface area contributed by atoms with E-state index in [0.717, 1.165) is 4.88 Å². The smallest absolute Gasteiger partial charge is 0.251 e. The highest BCUT2D eigenvalue weighted by molar-refractivity contribution is 7.71. The second-order valence-corrected chi connectivity index (χ2v) is 7.14. The number of carbonyl (C=O) groups excluding carboxylic acids is 2. The Morgan fingerprint density at radius 2 is 2.04 bits per heavy atom. The lowest BCUT2D eigenvalue weighted by atomic mass is 10.2. The largest absolute Gasteiger partial charge is 0.352 e. The minimum atomic E-state index is -0.559. The first-order chi connectivity index (χ1) is 13.0. The zero-order valence-electron chi connectivity index (χ0n) is 14.9. The van der Waals surface area contributed by atoms with Crippen molar-refractivity contribution in [2.75, 3.05) is 11.9 Å². The first kappa shape index (κ1) is 19.0. The van der Waals surface area contributed by atoms with Crippen molar-refractivity contribution in [1.29, 1.82) is 0 Å². The first-order valence-corrected chi connectivity index (χ1v) is 9.70. The number of benzene rings is 1. The zero-order chi connectivity index (χ0) is 19.4. The van der Waals surface area contributed by atoms with Gasteiger partial charge in [0.1, 0.15) is 6.04 Å². The fourth-order valence-corrected chi connectivity index (χ4v) is 3.58. The van der Waals surface area contributed by atoms with Crippen LogP contribution in [0.4, 0.5) is 5.69 Å². The van der Waals surface area contributed by atoms with Crippen molar-refractivity contribution in [3.8, 4) is 10.7 Å². The highest BCUT2D eigenvalue weighted by Gasteiger charge is 2.21. The molecule has 0 aliphatic rings. The molecule has 0 saturated heterocycles. The molecular weight excluding hydrogens is 382 g/mol. The summed E-state index contributed by atoms with van der Waals surface area (Å²) in [5.74, 6) is 0.259. The highest BCUT2D eigenvalue weighted by Crippen LogP contribution is 2.26. The lowest BCUT2D eigenvalue weighted by Crippen LogP contribution is -2.25. The average molecular weight is 402 g/mol. The van der Waals surface area contributed by atoms with Crippen LogP contribution >= 0.6 is 23.6 Å². The van der Waals surface area contributed by atoms with Gasteiger partial charge in [0.25, 0.3) is 5.91 Å². The Labute approximate surface area is 165 Å². The molecule has 27 heavy (non-hydrogen) atoms. The molecule has 2 amide bonds. The SMILES string of the molecule is CCNC(=O)c1ccc(NC(=O)C(C)n2c(-c3cccs3)n[nH]c2=S)cc1. The van der Waals surface area contributed by atoms with Crippen LogP contribution in [0.3, 0.4) is 0 Å². The van der Waals surface area contributed by atoms with Crippen LogP contribution in [0.5, 0.6) is 0 Å². The Kier molecular flexibility index (Phi) is 5.82. The molecule has 0 bridgehead atoms. The molecule has 0 aliphatic carbocycles. The Hall–Kier alpha value is -2.78. The molecule has 0 spiro atoms. The third-order valence-corrected chi connectivity index (χ3v) is 5.12. The molecule has 7 nitrogen and oxygen atoms in total. The van der Waals surface area contributed by atoms with E-state index < -0.39 is 6.04 Å². The third-order valence-electron chi connectivity index (χ3n) is 3.96. The molecule has 0 radical (unpaired) electrons. The normalized spacial score (nSPS) is 11.8. The Balaban J connectivity index is 1.76. The molecule has 2 heterocycles. The van der Waals surface area contributed by atoms with Crippen LogP contribution in [0.2, 0.25) is 0 Å². The first-order valence-electron chi connectivity index (χ1n) is 8.41. The Bertz CT molecular complexity index is 990. The summed E-state index contributed by atoms with van der Waals surface area (Å²) in [5, 5.41) is 14.5. The Morgan fingerprint density at radius 1 is 1.30 bits per heavy atom. The molecule has 1 aromatic carbocycles. The monoisotopic (exact) mass is 401 g/mol. The van der Waals surface area contributed by atoms with E-state index in [1.54, 1.807) is 35.8 Å². The van der Waals surface area contributed by atoms with Gasteiger partial charge in [-0.2, -0.15) is 5.10 Å². The standard InChI is InChI=1S/C18H19N5O2S2/c1-3-19-17(25)12-6-8-13(9-7-12)20-16(24)11(2)23-15(21-22-18(23)26)14-5-4-10-27-14/h4-11H,3H2,1-2H3,(H,19,25)(H,20,24)(H,22,26). The van der Waals surface area contributed by atoms with Gasteiger partial charge in [0.05, 0.1) is 4.88 Å². The number of nitrogens with zero attached hydrogens (tertiary/aromatic N) is 2. The van der Waals surface area contributed by atoms with E-state index >= 15 is 0 Å². The van der Waals surface area contributed by atoms with Gasteiger partial charge in [0, 0.05) is 17.8 Å². The van der Waals surface area contributed by atoms with Crippen molar-refractivity contribution >= 4 is 41.1 Å². The maximum Gasteiger partial charge on any atom is 0.251 e. The minimum absolute atomic E-state index is 0.144. The van der Waals surface area contributed by atoms with Crippen LogP contribution in [0.1, 0.15) is 30.2 Å². The van der Waals surface area contributed by atoms with E-state index in [1.807, 2.05) is 24.4 Å². The summed E-state index contributed by atoms with van der Waals surface area (Å²) in [6, 6.07) is 10.0. The molecule has 0 saturated carbocycles. The van der Waals surface area contributed by atoms with Gasteiger partial charge in [-0.15, -0.1) is 11.3 Å². The van der Waals surface area contributed by atoms with Crippen LogP contribution in [-0.2, 0) is 4.79 Å². The van der Waals surface area contributed by atoms with Crippen molar-refractivity contribution < 1.29 is 9.59 Å². The molecule has 3 rings (SSSR count). The van der Waals surface area contributed by atoms with Gasteiger partial charge in [0.15, 0.2) is 10.6 Å².